The Morgan fingerprint density at radius 3 is 2.69 bits per heavy atom. The summed E-state index contributed by atoms with van der Waals surface area (Å²) in [6.07, 6.45) is 8.32. The van der Waals surface area contributed by atoms with Crippen molar-refractivity contribution in [1.29, 1.82) is 0 Å². The molecule has 0 N–H and O–H groups in total. The lowest BCUT2D eigenvalue weighted by atomic mass is 10.1. The number of unbranched alkanes of at least 4 members (excludes halogenated alkanes) is 3. The van der Waals surface area contributed by atoms with Gasteiger partial charge in [-0.05, 0) is 42.6 Å². The molecule has 0 amide bonds. The van der Waals surface area contributed by atoms with Crippen molar-refractivity contribution in [2.45, 2.75) is 56.3 Å². The van der Waals surface area contributed by atoms with Crippen LogP contribution >= 0.6 is 11.8 Å². The summed E-state index contributed by atoms with van der Waals surface area (Å²) >= 11 is 2.07. The fourth-order valence-electron chi connectivity index (χ4n) is 2.05. The van der Waals surface area contributed by atoms with Crippen LogP contribution in [0.15, 0.2) is 29.2 Å². The van der Waals surface area contributed by atoms with Crippen molar-refractivity contribution in [2.24, 2.45) is 0 Å². The van der Waals surface area contributed by atoms with Gasteiger partial charge in [-0.15, -0.1) is 11.8 Å². The van der Waals surface area contributed by atoms with E-state index in [1.165, 1.54) is 44.3 Å². The van der Waals surface area contributed by atoms with Crippen LogP contribution in [0, 0.1) is 0 Å². The van der Waals surface area contributed by atoms with Gasteiger partial charge in [0, 0.05) is 4.90 Å². The van der Waals surface area contributed by atoms with E-state index in [-0.39, 0.29) is 0 Å². The Kier molecular flexibility index (Phi) is 4.77. The van der Waals surface area contributed by atoms with E-state index in [1.807, 2.05) is 0 Å². The lowest BCUT2D eigenvalue weighted by molar-refractivity contribution is 0.706. The smallest absolute Gasteiger partial charge is 0.0107 e. The van der Waals surface area contributed by atoms with E-state index >= 15 is 0 Å². The van der Waals surface area contributed by atoms with Gasteiger partial charge in [0.2, 0.25) is 0 Å². The van der Waals surface area contributed by atoms with E-state index in [4.69, 9.17) is 0 Å². The van der Waals surface area contributed by atoms with Gasteiger partial charge in [-0.25, -0.2) is 0 Å². The van der Waals surface area contributed by atoms with Crippen LogP contribution in [0.4, 0.5) is 0 Å². The third kappa shape index (κ3) is 3.55. The van der Waals surface area contributed by atoms with Crippen LogP contribution in [0.5, 0.6) is 0 Å². The quantitative estimate of drug-likeness (QED) is 0.459. The Balaban J connectivity index is 1.79. The summed E-state index contributed by atoms with van der Waals surface area (Å²) in [5, 5.41) is 0. The van der Waals surface area contributed by atoms with E-state index in [9.17, 15) is 0 Å². The van der Waals surface area contributed by atoms with Crippen molar-refractivity contribution in [2.75, 3.05) is 5.75 Å². The molecule has 1 aromatic carbocycles. The summed E-state index contributed by atoms with van der Waals surface area (Å²) in [7, 11) is 0. The van der Waals surface area contributed by atoms with Crippen LogP contribution in [-0.2, 0) is 0 Å². The normalized spacial score (nSPS) is 15.3. The fraction of sp³-hybridized carbons (Fsp3) is 0.600. The summed E-state index contributed by atoms with van der Waals surface area (Å²) in [5.74, 6) is 2.18. The van der Waals surface area contributed by atoms with Crippen LogP contribution in [0.3, 0.4) is 0 Å². The molecule has 1 fully saturated rings. The zero-order valence-electron chi connectivity index (χ0n) is 10.2. The third-order valence-corrected chi connectivity index (χ3v) is 4.37. The minimum Gasteiger partial charge on any atom is -0.126 e. The monoisotopic (exact) mass is 234 g/mol. The standard InChI is InChI=1S/C15H22S/c1-2-3-4-7-12-16-15-9-6-5-8-14(15)13-10-11-13/h5-6,8-9,13H,2-4,7,10-12H2,1H3. The van der Waals surface area contributed by atoms with Gasteiger partial charge >= 0.3 is 0 Å². The lowest BCUT2D eigenvalue weighted by Crippen LogP contribution is -1.86. The van der Waals surface area contributed by atoms with E-state index in [0.29, 0.717) is 0 Å². The van der Waals surface area contributed by atoms with Crippen LogP contribution in [0.1, 0.15) is 56.9 Å². The molecule has 1 saturated carbocycles. The molecule has 1 aliphatic carbocycles. The molecule has 0 nitrogen and oxygen atoms in total. The Bertz CT molecular complexity index is 315. The van der Waals surface area contributed by atoms with E-state index < -0.39 is 0 Å². The Labute approximate surface area is 104 Å². The first kappa shape index (κ1) is 12.0. The molecule has 2 rings (SSSR count). The maximum atomic E-state index is 2.33. The van der Waals surface area contributed by atoms with Gasteiger partial charge in [0.05, 0.1) is 0 Å². The molecule has 0 aromatic heterocycles. The van der Waals surface area contributed by atoms with Crippen molar-refractivity contribution in [3.8, 4) is 0 Å². The largest absolute Gasteiger partial charge is 0.126 e. The summed E-state index contributed by atoms with van der Waals surface area (Å²) in [5.41, 5.74) is 1.61. The number of benzene rings is 1. The molecule has 0 heterocycles. The molecule has 0 radical (unpaired) electrons. The molecular formula is C15H22S. The Morgan fingerprint density at radius 1 is 1.12 bits per heavy atom. The van der Waals surface area contributed by atoms with Crippen LogP contribution < -0.4 is 0 Å². The fourth-order valence-corrected chi connectivity index (χ4v) is 3.20. The van der Waals surface area contributed by atoms with E-state index in [0.717, 1.165) is 5.92 Å². The first-order chi connectivity index (χ1) is 7.92. The molecule has 1 aliphatic rings. The van der Waals surface area contributed by atoms with Crippen molar-refractivity contribution < 1.29 is 0 Å². The molecule has 1 aromatic rings. The predicted molar refractivity (Wildman–Crippen MR) is 73.3 cm³/mol. The predicted octanol–water partition coefficient (Wildman–Crippen LogP) is 5.24. The Morgan fingerprint density at radius 2 is 1.94 bits per heavy atom. The molecule has 0 saturated heterocycles. The minimum atomic E-state index is 0.888. The second kappa shape index (κ2) is 6.34. The first-order valence-electron chi connectivity index (χ1n) is 6.63. The van der Waals surface area contributed by atoms with Gasteiger partial charge in [-0.3, -0.25) is 0 Å². The van der Waals surface area contributed by atoms with Crippen molar-refractivity contribution >= 4 is 11.8 Å². The van der Waals surface area contributed by atoms with Gasteiger partial charge in [0.1, 0.15) is 0 Å². The highest BCUT2D eigenvalue weighted by Gasteiger charge is 2.25. The van der Waals surface area contributed by atoms with Gasteiger partial charge in [-0.1, -0.05) is 44.4 Å². The highest BCUT2D eigenvalue weighted by molar-refractivity contribution is 7.99. The van der Waals surface area contributed by atoms with Crippen LogP contribution in [0.2, 0.25) is 0 Å². The molecule has 0 aliphatic heterocycles. The SMILES string of the molecule is CCCCCCSc1ccccc1C1CC1. The molecule has 16 heavy (non-hydrogen) atoms. The zero-order chi connectivity index (χ0) is 11.2. The minimum absolute atomic E-state index is 0.888. The van der Waals surface area contributed by atoms with Crippen molar-refractivity contribution in [3.05, 3.63) is 29.8 Å². The van der Waals surface area contributed by atoms with Crippen LogP contribution in [-0.4, -0.2) is 5.75 Å². The second-order valence-corrected chi connectivity index (χ2v) is 5.86. The van der Waals surface area contributed by atoms with E-state index in [1.54, 1.807) is 10.5 Å². The maximum Gasteiger partial charge on any atom is 0.0107 e. The lowest BCUT2D eigenvalue weighted by Gasteiger charge is -2.07. The van der Waals surface area contributed by atoms with Crippen LogP contribution in [0.25, 0.3) is 0 Å². The number of thioether (sulfide) groups is 1. The molecular weight excluding hydrogens is 212 g/mol. The van der Waals surface area contributed by atoms with Gasteiger partial charge in [-0.2, -0.15) is 0 Å². The second-order valence-electron chi connectivity index (χ2n) is 4.72. The average molecular weight is 234 g/mol. The summed E-state index contributed by atoms with van der Waals surface area (Å²) < 4.78 is 0. The van der Waals surface area contributed by atoms with Crippen molar-refractivity contribution in [1.82, 2.24) is 0 Å². The van der Waals surface area contributed by atoms with E-state index in [2.05, 4.69) is 43.0 Å². The summed E-state index contributed by atoms with van der Waals surface area (Å²) in [4.78, 5) is 1.54. The average Bonchev–Trinajstić information content (AvgIpc) is 3.13. The Hall–Kier alpha value is -0.430. The van der Waals surface area contributed by atoms with Crippen molar-refractivity contribution in [3.63, 3.8) is 0 Å². The zero-order valence-corrected chi connectivity index (χ0v) is 11.1. The molecule has 0 unspecified atom stereocenters. The summed E-state index contributed by atoms with van der Waals surface area (Å²) in [6, 6.07) is 9.00. The number of hydrogen-bond donors (Lipinski definition) is 0. The first-order valence-corrected chi connectivity index (χ1v) is 7.62. The maximum absolute atomic E-state index is 2.33. The number of hydrogen-bond acceptors (Lipinski definition) is 1. The molecule has 0 bridgehead atoms. The molecule has 88 valence electrons. The molecule has 0 atom stereocenters. The highest BCUT2D eigenvalue weighted by Crippen LogP contribution is 2.44. The van der Waals surface area contributed by atoms with Gasteiger partial charge in [0.15, 0.2) is 0 Å². The number of rotatable bonds is 7. The summed E-state index contributed by atoms with van der Waals surface area (Å²) in [6.45, 7) is 2.27. The van der Waals surface area contributed by atoms with Gasteiger partial charge < -0.3 is 0 Å². The van der Waals surface area contributed by atoms with Gasteiger partial charge in [0.25, 0.3) is 0 Å². The topological polar surface area (TPSA) is 0 Å². The third-order valence-electron chi connectivity index (χ3n) is 3.19. The highest BCUT2D eigenvalue weighted by atomic mass is 32.2. The molecule has 0 spiro atoms. The molecule has 1 heteroatoms.